The Labute approximate surface area is 103 Å². The van der Waals surface area contributed by atoms with Crippen molar-refractivity contribution in [1.29, 1.82) is 0 Å². The van der Waals surface area contributed by atoms with Gasteiger partial charge >= 0.3 is 0 Å². The number of nitrogens with two attached hydrogens (primary N) is 1. The van der Waals surface area contributed by atoms with Gasteiger partial charge in [0, 0.05) is 26.1 Å². The molecule has 17 heavy (non-hydrogen) atoms. The maximum absolute atomic E-state index is 11.8. The fourth-order valence-electron chi connectivity index (χ4n) is 1.08. The number of rotatable bonds is 7. The quantitative estimate of drug-likeness (QED) is 0.259. The van der Waals surface area contributed by atoms with Gasteiger partial charge in [-0.25, -0.2) is 4.72 Å². The minimum absolute atomic E-state index is 0.00316. The van der Waals surface area contributed by atoms with Gasteiger partial charge in [0.2, 0.25) is 0 Å². The summed E-state index contributed by atoms with van der Waals surface area (Å²) in [6.45, 7) is 5.90. The highest BCUT2D eigenvalue weighted by atomic mass is 32.2. The number of amidine groups is 1. The molecule has 0 heterocycles. The van der Waals surface area contributed by atoms with E-state index in [1.165, 1.54) is 11.4 Å². The highest BCUT2D eigenvalue weighted by Gasteiger charge is 2.23. The summed E-state index contributed by atoms with van der Waals surface area (Å²) in [5.74, 6) is 0.237. The Morgan fingerprint density at radius 3 is 2.41 bits per heavy atom. The first kappa shape index (κ1) is 16.1. The van der Waals surface area contributed by atoms with Gasteiger partial charge in [-0.15, -0.1) is 0 Å². The summed E-state index contributed by atoms with van der Waals surface area (Å²) < 4.78 is 27.3. The predicted molar refractivity (Wildman–Crippen MR) is 67.0 cm³/mol. The minimum atomic E-state index is -3.52. The molecule has 4 N–H and O–H groups in total. The Balaban J connectivity index is 4.51. The zero-order valence-electron chi connectivity index (χ0n) is 10.7. The molecule has 0 aliphatic carbocycles. The molecule has 0 aliphatic rings. The number of hydrogen-bond donors (Lipinski definition) is 3. The molecule has 102 valence electrons. The van der Waals surface area contributed by atoms with Crippen molar-refractivity contribution in [3.8, 4) is 0 Å². The summed E-state index contributed by atoms with van der Waals surface area (Å²) in [6, 6.07) is -0.379. The summed E-state index contributed by atoms with van der Waals surface area (Å²) in [5, 5.41) is 11.2. The maximum Gasteiger partial charge on any atom is 0.279 e. The second-order valence-electron chi connectivity index (χ2n) is 4.41. The minimum Gasteiger partial charge on any atom is -0.409 e. The van der Waals surface area contributed by atoms with E-state index in [4.69, 9.17) is 10.9 Å². The lowest BCUT2D eigenvalue weighted by atomic mass is 10.2. The van der Waals surface area contributed by atoms with Crippen molar-refractivity contribution >= 4 is 16.0 Å². The SMILES string of the molecule is CC(C)CNS(=O)(=O)N(C)C(C)CC(N)=NO. The van der Waals surface area contributed by atoms with Crippen LogP contribution in [-0.4, -0.2) is 43.4 Å². The standard InChI is InChI=1S/C9H22N4O3S/c1-7(2)6-11-17(15,16)13(4)8(3)5-9(10)12-14/h7-8,11,14H,5-6H2,1-4H3,(H2,10,12). The van der Waals surface area contributed by atoms with Crippen LogP contribution in [0.15, 0.2) is 5.16 Å². The zero-order chi connectivity index (χ0) is 13.6. The molecule has 1 atom stereocenters. The highest BCUT2D eigenvalue weighted by Crippen LogP contribution is 2.06. The fraction of sp³-hybridized carbons (Fsp3) is 0.889. The first-order valence-corrected chi connectivity index (χ1v) is 6.83. The first-order chi connectivity index (χ1) is 7.70. The molecular weight excluding hydrogens is 244 g/mol. The van der Waals surface area contributed by atoms with E-state index in [1.54, 1.807) is 6.92 Å². The van der Waals surface area contributed by atoms with Crippen LogP contribution in [0.1, 0.15) is 27.2 Å². The van der Waals surface area contributed by atoms with Crippen molar-refractivity contribution in [1.82, 2.24) is 9.03 Å². The van der Waals surface area contributed by atoms with E-state index in [9.17, 15) is 8.42 Å². The van der Waals surface area contributed by atoms with Gasteiger partial charge in [0.25, 0.3) is 10.2 Å². The molecule has 0 fully saturated rings. The van der Waals surface area contributed by atoms with Crippen LogP contribution < -0.4 is 10.5 Å². The van der Waals surface area contributed by atoms with Gasteiger partial charge in [0.05, 0.1) is 0 Å². The molecule has 8 heteroatoms. The summed E-state index contributed by atoms with van der Waals surface area (Å²) >= 11 is 0. The molecule has 7 nitrogen and oxygen atoms in total. The molecule has 0 radical (unpaired) electrons. The Hall–Kier alpha value is -0.860. The van der Waals surface area contributed by atoms with Gasteiger partial charge in [-0.05, 0) is 12.8 Å². The van der Waals surface area contributed by atoms with E-state index in [2.05, 4.69) is 9.88 Å². The van der Waals surface area contributed by atoms with Gasteiger partial charge in [-0.2, -0.15) is 12.7 Å². The van der Waals surface area contributed by atoms with Crippen LogP contribution in [0.3, 0.4) is 0 Å². The smallest absolute Gasteiger partial charge is 0.279 e. The third-order valence-corrected chi connectivity index (χ3v) is 3.96. The first-order valence-electron chi connectivity index (χ1n) is 5.39. The van der Waals surface area contributed by atoms with Gasteiger partial charge in [-0.3, -0.25) is 0 Å². The summed E-state index contributed by atoms with van der Waals surface area (Å²) in [5.41, 5.74) is 5.34. The van der Waals surface area contributed by atoms with E-state index < -0.39 is 10.2 Å². The average molecular weight is 266 g/mol. The largest absolute Gasteiger partial charge is 0.409 e. The lowest BCUT2D eigenvalue weighted by Crippen LogP contribution is -2.45. The fourth-order valence-corrected chi connectivity index (χ4v) is 2.38. The molecule has 0 aromatic rings. The van der Waals surface area contributed by atoms with E-state index in [-0.39, 0.29) is 24.2 Å². The van der Waals surface area contributed by atoms with Crippen molar-refractivity contribution in [2.75, 3.05) is 13.6 Å². The predicted octanol–water partition coefficient (Wildman–Crippen LogP) is -0.0664. The number of oxime groups is 1. The molecule has 0 saturated carbocycles. The van der Waals surface area contributed by atoms with Crippen molar-refractivity contribution in [3.63, 3.8) is 0 Å². The summed E-state index contributed by atoms with van der Waals surface area (Å²) in [6.07, 6.45) is 0.176. The maximum atomic E-state index is 11.8. The van der Waals surface area contributed by atoms with Crippen LogP contribution in [0.2, 0.25) is 0 Å². The lowest BCUT2D eigenvalue weighted by Gasteiger charge is -2.24. The molecule has 0 saturated heterocycles. The summed E-state index contributed by atoms with van der Waals surface area (Å²) in [7, 11) is -2.06. The Kier molecular flexibility index (Phi) is 6.43. The van der Waals surface area contributed by atoms with E-state index in [0.717, 1.165) is 0 Å². The Morgan fingerprint density at radius 1 is 1.47 bits per heavy atom. The topological polar surface area (TPSA) is 108 Å². The van der Waals surface area contributed by atoms with Crippen LogP contribution >= 0.6 is 0 Å². The van der Waals surface area contributed by atoms with Crippen LogP contribution in [0.25, 0.3) is 0 Å². The lowest BCUT2D eigenvalue weighted by molar-refractivity contribution is 0.313. The average Bonchev–Trinajstić information content (AvgIpc) is 2.25. The van der Waals surface area contributed by atoms with Crippen molar-refractivity contribution < 1.29 is 13.6 Å². The van der Waals surface area contributed by atoms with Crippen LogP contribution in [-0.2, 0) is 10.2 Å². The van der Waals surface area contributed by atoms with Crippen molar-refractivity contribution in [2.24, 2.45) is 16.8 Å². The van der Waals surface area contributed by atoms with Crippen LogP contribution in [0, 0.1) is 5.92 Å². The molecule has 0 aliphatic heterocycles. The molecule has 0 spiro atoms. The summed E-state index contributed by atoms with van der Waals surface area (Å²) in [4.78, 5) is 0. The number of hydrogen-bond acceptors (Lipinski definition) is 4. The molecule has 0 aromatic heterocycles. The van der Waals surface area contributed by atoms with Crippen molar-refractivity contribution in [3.05, 3.63) is 0 Å². The molecule has 0 rings (SSSR count). The third kappa shape index (κ3) is 5.85. The van der Waals surface area contributed by atoms with Crippen molar-refractivity contribution in [2.45, 2.75) is 33.2 Å². The third-order valence-electron chi connectivity index (χ3n) is 2.31. The van der Waals surface area contributed by atoms with Gasteiger partial charge < -0.3 is 10.9 Å². The van der Waals surface area contributed by atoms with Crippen LogP contribution in [0.5, 0.6) is 0 Å². The van der Waals surface area contributed by atoms with Gasteiger partial charge in [0.15, 0.2) is 0 Å². The number of nitrogens with zero attached hydrogens (tertiary/aromatic N) is 2. The second-order valence-corrected chi connectivity index (χ2v) is 6.22. The van der Waals surface area contributed by atoms with E-state index in [0.29, 0.717) is 6.54 Å². The van der Waals surface area contributed by atoms with Crippen LogP contribution in [0.4, 0.5) is 0 Å². The van der Waals surface area contributed by atoms with Gasteiger partial charge in [0.1, 0.15) is 5.84 Å². The Morgan fingerprint density at radius 2 is 2.00 bits per heavy atom. The number of nitrogens with one attached hydrogen (secondary N) is 1. The molecule has 0 aromatic carbocycles. The van der Waals surface area contributed by atoms with Gasteiger partial charge in [-0.1, -0.05) is 19.0 Å². The molecule has 0 amide bonds. The zero-order valence-corrected chi connectivity index (χ0v) is 11.5. The second kappa shape index (κ2) is 6.77. The molecule has 1 unspecified atom stereocenters. The molecular formula is C9H22N4O3S. The molecule has 0 bridgehead atoms. The van der Waals surface area contributed by atoms with E-state index in [1.807, 2.05) is 13.8 Å². The highest BCUT2D eigenvalue weighted by molar-refractivity contribution is 7.87. The monoisotopic (exact) mass is 266 g/mol. The van der Waals surface area contributed by atoms with E-state index >= 15 is 0 Å². The normalized spacial score (nSPS) is 15.5. The Bertz CT molecular complexity index is 353.